The molecule has 0 saturated carbocycles. The molecule has 1 fully saturated rings. The first-order valence-electron chi connectivity index (χ1n) is 8.29. The molecule has 2 aromatic rings. The number of morpholine rings is 1. The average molecular weight is 334 g/mol. The molecule has 1 aromatic heterocycles. The topological polar surface area (TPSA) is 34.5 Å². The summed E-state index contributed by atoms with van der Waals surface area (Å²) in [6, 6.07) is 8.36. The lowest BCUT2D eigenvalue weighted by Gasteiger charge is -2.26. The highest BCUT2D eigenvalue weighted by molar-refractivity contribution is 5.97. The number of aromatic nitrogens is 1. The first kappa shape index (κ1) is 16.5. The van der Waals surface area contributed by atoms with Crippen LogP contribution in [0.4, 0.5) is 0 Å². The van der Waals surface area contributed by atoms with E-state index < -0.39 is 0 Å². The van der Waals surface area contributed by atoms with Crippen LogP contribution in [-0.2, 0) is 17.6 Å². The number of rotatable bonds is 2. The second kappa shape index (κ2) is 7.04. The van der Waals surface area contributed by atoms with Gasteiger partial charge >= 0.3 is 0 Å². The van der Waals surface area contributed by atoms with Crippen LogP contribution in [-0.4, -0.2) is 48.2 Å². The molecule has 4 nitrogen and oxygen atoms in total. The Kier molecular flexibility index (Phi) is 5.05. The molecule has 23 heavy (non-hydrogen) atoms. The van der Waals surface area contributed by atoms with Crippen molar-refractivity contribution in [1.29, 1.82) is 0 Å². The van der Waals surface area contributed by atoms with Crippen LogP contribution in [0.1, 0.15) is 28.9 Å². The number of carbonyl (C=O) groups is 1. The first-order chi connectivity index (χ1) is 10.8. The molecular weight excluding hydrogens is 312 g/mol. The third-order valence-corrected chi connectivity index (χ3v) is 4.89. The first-order valence-corrected chi connectivity index (χ1v) is 8.29. The van der Waals surface area contributed by atoms with Crippen LogP contribution >= 0.6 is 0 Å². The maximum Gasteiger partial charge on any atom is 0.245 e. The molecule has 4 rings (SSSR count). The lowest BCUT2D eigenvalue weighted by Crippen LogP contribution is -3.00. The molecule has 1 aliphatic carbocycles. The van der Waals surface area contributed by atoms with Gasteiger partial charge in [-0.1, -0.05) is 18.2 Å². The van der Waals surface area contributed by atoms with E-state index in [0.29, 0.717) is 6.54 Å². The molecule has 0 atom stereocenters. The van der Waals surface area contributed by atoms with E-state index in [0.717, 1.165) is 44.7 Å². The number of hydrogen-bond donors (Lipinski definition) is 0. The molecule has 0 bridgehead atoms. The summed E-state index contributed by atoms with van der Waals surface area (Å²) >= 11 is 0. The molecule has 0 unspecified atom stereocenters. The summed E-state index contributed by atoms with van der Waals surface area (Å²) in [7, 11) is 0. The Morgan fingerprint density at radius 1 is 1.09 bits per heavy atom. The molecule has 0 amide bonds. The maximum absolute atomic E-state index is 12.9. The summed E-state index contributed by atoms with van der Waals surface area (Å²) < 4.78 is 7.37. The van der Waals surface area contributed by atoms with Crippen LogP contribution in [0.5, 0.6) is 0 Å². The molecule has 0 N–H and O–H groups in total. The van der Waals surface area contributed by atoms with E-state index in [4.69, 9.17) is 4.74 Å². The van der Waals surface area contributed by atoms with Crippen LogP contribution in [0.25, 0.3) is 10.9 Å². The monoisotopic (exact) mass is 333 g/mol. The Morgan fingerprint density at radius 3 is 2.65 bits per heavy atom. The molecular formula is C18H22ClN2O2-. The van der Waals surface area contributed by atoms with E-state index in [2.05, 4.69) is 23.1 Å². The van der Waals surface area contributed by atoms with Gasteiger partial charge in [-0.2, -0.15) is 0 Å². The van der Waals surface area contributed by atoms with Gasteiger partial charge in [0.25, 0.3) is 0 Å². The Hall–Kier alpha value is -1.36. The zero-order valence-electron chi connectivity index (χ0n) is 13.3. The highest BCUT2D eigenvalue weighted by atomic mass is 35.5. The van der Waals surface area contributed by atoms with Crippen molar-refractivity contribution in [3.05, 3.63) is 35.5 Å². The summed E-state index contributed by atoms with van der Waals surface area (Å²) in [4.78, 5) is 15.1. The third kappa shape index (κ3) is 3.03. The second-order valence-electron chi connectivity index (χ2n) is 6.27. The molecule has 124 valence electrons. The molecule has 5 heteroatoms. The summed E-state index contributed by atoms with van der Waals surface area (Å²) in [5, 5.41) is 1.27. The van der Waals surface area contributed by atoms with Crippen molar-refractivity contribution in [1.82, 2.24) is 9.47 Å². The lowest BCUT2D eigenvalue weighted by molar-refractivity contribution is -0.0000195. The van der Waals surface area contributed by atoms with Crippen molar-refractivity contribution in [2.45, 2.75) is 25.7 Å². The van der Waals surface area contributed by atoms with E-state index >= 15 is 0 Å². The van der Waals surface area contributed by atoms with E-state index in [1.54, 1.807) is 0 Å². The predicted octanol–water partition coefficient (Wildman–Crippen LogP) is -0.503. The van der Waals surface area contributed by atoms with E-state index in [-0.39, 0.29) is 18.3 Å². The van der Waals surface area contributed by atoms with Gasteiger partial charge in [-0.25, -0.2) is 0 Å². The summed E-state index contributed by atoms with van der Waals surface area (Å²) in [5.41, 5.74) is 3.75. The number of fused-ring (bicyclic) bond motifs is 3. The van der Waals surface area contributed by atoms with Crippen LogP contribution in [0.15, 0.2) is 24.3 Å². The molecule has 2 heterocycles. The van der Waals surface area contributed by atoms with Crippen LogP contribution in [0.3, 0.4) is 0 Å². The Morgan fingerprint density at radius 2 is 1.83 bits per heavy atom. The molecule has 1 aliphatic heterocycles. The van der Waals surface area contributed by atoms with Crippen LogP contribution in [0, 0.1) is 0 Å². The lowest BCUT2D eigenvalue weighted by atomic mass is 9.95. The molecule has 0 spiro atoms. The smallest absolute Gasteiger partial charge is 0.245 e. The fraction of sp³-hybridized carbons (Fsp3) is 0.500. The van der Waals surface area contributed by atoms with Gasteiger partial charge in [0.2, 0.25) is 5.91 Å². The Labute approximate surface area is 142 Å². The standard InChI is InChI=1S/C18H22N2O2.ClH/c21-18(13-19-9-11-22-12-10-19)20-16-7-3-1-5-14(16)15-6-2-4-8-17(15)20;/h1,3,5,7H,2,4,6,8-13H2;1H/p-1. The fourth-order valence-corrected chi connectivity index (χ4v) is 3.80. The van der Waals surface area contributed by atoms with Crippen LogP contribution < -0.4 is 12.4 Å². The van der Waals surface area contributed by atoms with E-state index in [1.165, 1.54) is 29.5 Å². The molecule has 1 aromatic carbocycles. The quantitative estimate of drug-likeness (QED) is 0.743. The zero-order valence-corrected chi connectivity index (χ0v) is 14.0. The van der Waals surface area contributed by atoms with Gasteiger partial charge < -0.3 is 17.1 Å². The minimum absolute atomic E-state index is 0. The number of carbonyl (C=O) groups excluding carboxylic acids is 1. The van der Waals surface area contributed by atoms with Crippen molar-refractivity contribution in [3.8, 4) is 0 Å². The molecule has 1 saturated heterocycles. The minimum atomic E-state index is 0. The third-order valence-electron chi connectivity index (χ3n) is 4.89. The highest BCUT2D eigenvalue weighted by Gasteiger charge is 2.24. The van der Waals surface area contributed by atoms with E-state index in [1.807, 2.05) is 10.6 Å². The summed E-state index contributed by atoms with van der Waals surface area (Å²) in [5.74, 6) is 0.209. The zero-order chi connectivity index (χ0) is 14.9. The number of nitrogens with zero attached hydrogens (tertiary/aromatic N) is 2. The van der Waals surface area contributed by atoms with Gasteiger partial charge in [-0.3, -0.25) is 14.3 Å². The van der Waals surface area contributed by atoms with Gasteiger partial charge in [0, 0.05) is 24.2 Å². The van der Waals surface area contributed by atoms with Crippen molar-refractivity contribution < 1.29 is 21.9 Å². The SMILES string of the molecule is O=C(CN1CCOCC1)n1c2c(c3ccccc31)CCCC2.[Cl-]. The Balaban J connectivity index is 0.00000156. The van der Waals surface area contributed by atoms with Crippen molar-refractivity contribution in [2.75, 3.05) is 32.8 Å². The molecule has 2 aliphatic rings. The van der Waals surface area contributed by atoms with Gasteiger partial charge in [0.1, 0.15) is 0 Å². The van der Waals surface area contributed by atoms with E-state index in [9.17, 15) is 4.79 Å². The van der Waals surface area contributed by atoms with Gasteiger partial charge in [0.15, 0.2) is 0 Å². The van der Waals surface area contributed by atoms with Gasteiger partial charge in [-0.05, 0) is 37.3 Å². The normalized spacial score (nSPS) is 18.4. The van der Waals surface area contributed by atoms with Gasteiger partial charge in [-0.15, -0.1) is 0 Å². The average Bonchev–Trinajstić information content (AvgIpc) is 2.90. The van der Waals surface area contributed by atoms with Crippen LogP contribution in [0.2, 0.25) is 0 Å². The van der Waals surface area contributed by atoms with Crippen molar-refractivity contribution in [3.63, 3.8) is 0 Å². The number of halogens is 1. The number of hydrogen-bond acceptors (Lipinski definition) is 3. The van der Waals surface area contributed by atoms with Crippen molar-refractivity contribution >= 4 is 16.8 Å². The second-order valence-corrected chi connectivity index (χ2v) is 6.27. The summed E-state index contributed by atoms with van der Waals surface area (Å²) in [6.07, 6.45) is 4.55. The maximum atomic E-state index is 12.9. The number of para-hydroxylation sites is 1. The number of aryl methyl sites for hydroxylation is 1. The predicted molar refractivity (Wildman–Crippen MR) is 86.5 cm³/mol. The van der Waals surface area contributed by atoms with Crippen molar-refractivity contribution in [2.24, 2.45) is 0 Å². The largest absolute Gasteiger partial charge is 1.00 e. The Bertz CT molecular complexity index is 704. The number of benzene rings is 1. The van der Waals surface area contributed by atoms with Gasteiger partial charge in [0.05, 0.1) is 25.3 Å². The highest BCUT2D eigenvalue weighted by Crippen LogP contribution is 2.32. The minimum Gasteiger partial charge on any atom is -1.00 e. The molecule has 0 radical (unpaired) electrons. The number of ether oxygens (including phenoxy) is 1. The summed E-state index contributed by atoms with van der Waals surface area (Å²) in [6.45, 7) is 3.67. The fourth-order valence-electron chi connectivity index (χ4n) is 3.80.